The van der Waals surface area contributed by atoms with Crippen molar-refractivity contribution in [2.75, 3.05) is 31.6 Å². The maximum Gasteiger partial charge on any atom is 0.313 e. The third kappa shape index (κ3) is 7.27. The van der Waals surface area contributed by atoms with Gasteiger partial charge in [0, 0.05) is 38.0 Å². The van der Waals surface area contributed by atoms with Crippen molar-refractivity contribution in [1.82, 2.24) is 9.80 Å². The summed E-state index contributed by atoms with van der Waals surface area (Å²) in [5.74, 6) is -3.54. The van der Waals surface area contributed by atoms with Gasteiger partial charge in [-0.3, -0.25) is 19.2 Å². The summed E-state index contributed by atoms with van der Waals surface area (Å²) in [5.41, 5.74) is 0.642. The number of hydrogen-bond donors (Lipinski definition) is 1. The lowest BCUT2D eigenvalue weighted by Crippen LogP contribution is -2.57. The number of rotatable bonds is 16. The van der Waals surface area contributed by atoms with E-state index in [-0.39, 0.29) is 42.8 Å². The predicted octanol–water partition coefficient (Wildman–Crippen LogP) is 5.79. The number of aliphatic hydroxyl groups excluding tert-OH is 1. The number of para-hydroxylation sites is 1. The molecule has 1 spiro atoms. The molecule has 3 amide bonds. The van der Waals surface area contributed by atoms with E-state index in [0.29, 0.717) is 42.0 Å². The van der Waals surface area contributed by atoms with Gasteiger partial charge >= 0.3 is 5.97 Å². The molecule has 0 aromatic heterocycles. The number of anilines is 1. The largest absolute Gasteiger partial charge is 0.455 e. The molecule has 10 nitrogen and oxygen atoms in total. The highest BCUT2D eigenvalue weighted by atomic mass is 79.9. The number of likely N-dealkylation sites (N-methyl/N-ethyl adjacent to an activating group) is 1. The van der Waals surface area contributed by atoms with Crippen molar-refractivity contribution in [3.05, 3.63) is 90.0 Å². The lowest BCUT2D eigenvalue weighted by atomic mass is 9.70. The Morgan fingerprint density at radius 2 is 1.88 bits per heavy atom. The highest BCUT2D eigenvalue weighted by Gasteiger charge is 2.77. The Hall–Kier alpha value is -3.51. The average molecular weight is 785 g/mol. The van der Waals surface area contributed by atoms with Crippen LogP contribution in [-0.2, 0) is 28.7 Å². The van der Waals surface area contributed by atoms with E-state index >= 15 is 0 Å². The Kier molecular flexibility index (Phi) is 12.5. The monoisotopic (exact) mass is 783 g/mol. The lowest BCUT2D eigenvalue weighted by Gasteiger charge is -2.37. The van der Waals surface area contributed by atoms with Crippen LogP contribution in [0.2, 0.25) is 5.02 Å². The van der Waals surface area contributed by atoms with Gasteiger partial charge in [-0.2, -0.15) is 0 Å². The molecule has 1 N–H and O–H groups in total. The van der Waals surface area contributed by atoms with Crippen molar-refractivity contribution >= 4 is 56.9 Å². The Labute approximate surface area is 313 Å². The van der Waals surface area contributed by atoms with E-state index in [0.717, 1.165) is 5.56 Å². The molecule has 3 heterocycles. The molecule has 3 aliphatic rings. The van der Waals surface area contributed by atoms with Crippen molar-refractivity contribution in [2.24, 2.45) is 11.8 Å². The molecule has 2 aromatic carbocycles. The van der Waals surface area contributed by atoms with Gasteiger partial charge in [-0.25, -0.2) is 0 Å². The Bertz CT molecular complexity index is 1620. The molecule has 2 bridgehead atoms. The first-order chi connectivity index (χ1) is 24.4. The number of ether oxygens (including phenoxy) is 2. The van der Waals surface area contributed by atoms with Crippen LogP contribution in [0.1, 0.15) is 56.3 Å². The number of fused-ring (bicyclic) bond motifs is 1. The fourth-order valence-electron chi connectivity index (χ4n) is 7.97. The van der Waals surface area contributed by atoms with Crippen LogP contribution in [0.25, 0.3) is 0 Å². The van der Waals surface area contributed by atoms with Gasteiger partial charge < -0.3 is 29.3 Å². The molecular weight excluding hydrogens is 738 g/mol. The van der Waals surface area contributed by atoms with Crippen LogP contribution in [0, 0.1) is 18.8 Å². The summed E-state index contributed by atoms with van der Waals surface area (Å²) >= 11 is 10.4. The Morgan fingerprint density at radius 3 is 2.53 bits per heavy atom. The molecule has 0 saturated carbocycles. The summed E-state index contributed by atoms with van der Waals surface area (Å²) in [6, 6.07) is 13.0. The maximum absolute atomic E-state index is 14.9. The highest BCUT2D eigenvalue weighted by molar-refractivity contribution is 9.09. The van der Waals surface area contributed by atoms with Gasteiger partial charge in [0.1, 0.15) is 17.7 Å². The SMILES string of the molecule is C=CCCC(=O)N(C)[C@H](C)[C@H](OC(=O)[C@H]1[C@@H]2O[C@@]3(CC2Br)[C@@H]1C(=O)N(CCCCO)[C@@H]3C(=O)N(CC=C)c1c(C)cccc1Cl)c1ccccc1. The van der Waals surface area contributed by atoms with E-state index in [9.17, 15) is 24.3 Å². The number of unbranched alkanes of at least 4 members (excludes halogenated alkanes) is 1. The first kappa shape index (κ1) is 38.7. The number of benzene rings is 2. The molecule has 3 saturated heterocycles. The van der Waals surface area contributed by atoms with Crippen LogP contribution in [0.3, 0.4) is 0 Å². The molecule has 0 radical (unpaired) electrons. The number of amides is 3. The smallest absolute Gasteiger partial charge is 0.313 e. The maximum atomic E-state index is 14.9. The number of esters is 1. The number of carbonyl (C=O) groups excluding carboxylic acids is 4. The number of nitrogens with zero attached hydrogens (tertiary/aromatic N) is 3. The van der Waals surface area contributed by atoms with Gasteiger partial charge in [0.15, 0.2) is 0 Å². The topological polar surface area (TPSA) is 117 Å². The van der Waals surface area contributed by atoms with Gasteiger partial charge in [0.25, 0.3) is 5.91 Å². The zero-order valence-electron chi connectivity index (χ0n) is 29.4. The number of hydrogen-bond acceptors (Lipinski definition) is 7. The molecule has 51 heavy (non-hydrogen) atoms. The quantitative estimate of drug-likeness (QED) is 0.0993. The summed E-state index contributed by atoms with van der Waals surface area (Å²) in [5, 5.41) is 9.95. The molecular formula is C39H47BrClN3O7. The van der Waals surface area contributed by atoms with E-state index in [4.69, 9.17) is 21.1 Å². The fraction of sp³-hybridized carbons (Fsp3) is 0.487. The summed E-state index contributed by atoms with van der Waals surface area (Å²) in [6.07, 6.45) is 3.66. The summed E-state index contributed by atoms with van der Waals surface area (Å²) in [4.78, 5) is 61.4. The Balaban J connectivity index is 1.53. The zero-order chi connectivity index (χ0) is 37.0. The fourth-order valence-corrected chi connectivity index (χ4v) is 9.24. The van der Waals surface area contributed by atoms with Gasteiger partial charge in [0.05, 0.1) is 34.7 Å². The minimum absolute atomic E-state index is 0.0722. The summed E-state index contributed by atoms with van der Waals surface area (Å²) < 4.78 is 13.1. The standard InChI is InChI=1S/C39H47BrClN3O7/c1-6-8-19-29(46)42(5)25(4)33(26-16-10-9-11-17-26)50-38(49)30-31-36(47)44(21-12-13-22-45)35(39(31)23-27(40)34(30)51-39)37(48)43(20-7-2)32-24(3)15-14-18-28(32)41/h6-7,9-11,14-18,25,27,30-31,33-35,45H,1-2,8,12-13,19-23H2,3-5H3/t25-,27?,30-,31+,33+,34-,35-,39+/m1/s1. The highest BCUT2D eigenvalue weighted by Crippen LogP contribution is 2.60. The minimum Gasteiger partial charge on any atom is -0.455 e. The minimum atomic E-state index is -1.34. The summed E-state index contributed by atoms with van der Waals surface area (Å²) in [7, 11) is 1.68. The zero-order valence-corrected chi connectivity index (χ0v) is 31.7. The van der Waals surface area contributed by atoms with Crippen LogP contribution < -0.4 is 4.90 Å². The third-order valence-electron chi connectivity index (χ3n) is 10.5. The number of likely N-dealkylation sites (tertiary alicyclic amines) is 1. The van der Waals surface area contributed by atoms with Crippen LogP contribution >= 0.6 is 27.5 Å². The van der Waals surface area contributed by atoms with E-state index in [2.05, 4.69) is 29.1 Å². The lowest BCUT2D eigenvalue weighted by molar-refractivity contribution is -0.164. The van der Waals surface area contributed by atoms with Gasteiger partial charge in [-0.1, -0.05) is 82.1 Å². The van der Waals surface area contributed by atoms with Crippen LogP contribution in [0.4, 0.5) is 5.69 Å². The number of allylic oxidation sites excluding steroid dienone is 1. The molecule has 8 atom stereocenters. The average Bonchev–Trinajstić information content (AvgIpc) is 3.71. The Morgan fingerprint density at radius 1 is 1.16 bits per heavy atom. The van der Waals surface area contributed by atoms with E-state index in [1.807, 2.05) is 50.2 Å². The number of aryl methyl sites for hydroxylation is 1. The molecule has 0 aliphatic carbocycles. The van der Waals surface area contributed by atoms with Crippen molar-refractivity contribution in [2.45, 2.75) is 80.7 Å². The predicted molar refractivity (Wildman–Crippen MR) is 199 cm³/mol. The van der Waals surface area contributed by atoms with Gasteiger partial charge in [-0.15, -0.1) is 13.2 Å². The molecule has 3 aliphatic heterocycles. The van der Waals surface area contributed by atoms with Crippen molar-refractivity contribution in [3.63, 3.8) is 0 Å². The second-order valence-corrected chi connectivity index (χ2v) is 15.2. The second kappa shape index (κ2) is 16.4. The number of halogens is 2. The van der Waals surface area contributed by atoms with E-state index < -0.39 is 53.6 Å². The molecule has 1 unspecified atom stereocenters. The van der Waals surface area contributed by atoms with Crippen molar-refractivity contribution in [1.29, 1.82) is 0 Å². The van der Waals surface area contributed by atoms with Crippen LogP contribution in [0.5, 0.6) is 0 Å². The molecule has 2 aromatic rings. The van der Waals surface area contributed by atoms with Crippen LogP contribution in [0.15, 0.2) is 73.8 Å². The molecule has 5 rings (SSSR count). The molecule has 274 valence electrons. The third-order valence-corrected chi connectivity index (χ3v) is 11.7. The normalized spacial score (nSPS) is 26.0. The van der Waals surface area contributed by atoms with E-state index in [1.54, 1.807) is 36.2 Å². The first-order valence-corrected chi connectivity index (χ1v) is 18.7. The van der Waals surface area contributed by atoms with Crippen LogP contribution in [-0.4, -0.2) is 94.0 Å². The number of aliphatic hydroxyl groups is 1. The number of alkyl halides is 1. The van der Waals surface area contributed by atoms with E-state index in [1.165, 1.54) is 9.80 Å². The molecule has 12 heteroatoms. The first-order valence-electron chi connectivity index (χ1n) is 17.5. The van der Waals surface area contributed by atoms with Crippen molar-refractivity contribution < 1.29 is 33.8 Å². The van der Waals surface area contributed by atoms with Gasteiger partial charge in [0.2, 0.25) is 11.8 Å². The number of carbonyl (C=O) groups is 4. The second-order valence-electron chi connectivity index (χ2n) is 13.6. The molecule has 3 fully saturated rings. The summed E-state index contributed by atoms with van der Waals surface area (Å²) in [6.45, 7) is 11.5. The van der Waals surface area contributed by atoms with Gasteiger partial charge in [-0.05, 0) is 56.7 Å². The van der Waals surface area contributed by atoms with Crippen molar-refractivity contribution in [3.8, 4) is 0 Å².